The molecule has 1 heterocycles. The van der Waals surface area contributed by atoms with Crippen LogP contribution in [-0.2, 0) is 17.7 Å². The Hall–Kier alpha value is -1.92. The van der Waals surface area contributed by atoms with Gasteiger partial charge < -0.3 is 15.0 Å². The Balaban J connectivity index is 1.68. The number of ether oxygens (including phenoxy) is 1. The number of rotatable bonds is 7. The first-order valence-corrected chi connectivity index (χ1v) is 11.0. The molecule has 1 aliphatic carbocycles. The maximum absolute atomic E-state index is 5.37. The number of nitrogens with zero attached hydrogens (tertiary/aromatic N) is 3. The lowest BCUT2D eigenvalue weighted by atomic mass is 9.83. The number of aromatic nitrogens is 1. The summed E-state index contributed by atoms with van der Waals surface area (Å²) in [6, 6.07) is 8.84. The number of thiazole rings is 1. The van der Waals surface area contributed by atoms with Crippen LogP contribution < -0.4 is 5.32 Å². The summed E-state index contributed by atoms with van der Waals surface area (Å²) in [6.45, 7) is 6.56. The molecule has 0 aliphatic heterocycles. The molecule has 0 amide bonds. The maximum atomic E-state index is 5.37. The van der Waals surface area contributed by atoms with Crippen molar-refractivity contribution in [2.24, 2.45) is 4.99 Å². The van der Waals surface area contributed by atoms with Crippen molar-refractivity contribution in [1.82, 2.24) is 15.2 Å². The Morgan fingerprint density at radius 1 is 1.43 bits per heavy atom. The second kappa shape index (κ2) is 10.0. The van der Waals surface area contributed by atoms with Crippen LogP contribution in [0.2, 0.25) is 0 Å². The maximum Gasteiger partial charge on any atom is 0.194 e. The number of nitrogens with one attached hydrogen (secondary N) is 1. The fourth-order valence-corrected chi connectivity index (χ4v) is 4.55. The zero-order valence-corrected chi connectivity index (χ0v) is 18.3. The largest absolute Gasteiger partial charge is 0.375 e. The van der Waals surface area contributed by atoms with Gasteiger partial charge in [0.05, 0.1) is 12.2 Å². The molecule has 6 heteroatoms. The van der Waals surface area contributed by atoms with E-state index in [9.17, 15) is 0 Å². The second-order valence-electron chi connectivity index (χ2n) is 7.39. The summed E-state index contributed by atoms with van der Waals surface area (Å²) in [5.41, 5.74) is 4.03. The molecule has 1 aliphatic rings. The first kappa shape index (κ1) is 20.8. The molecule has 1 N–H and O–H groups in total. The van der Waals surface area contributed by atoms with Crippen molar-refractivity contribution in [2.45, 2.75) is 51.7 Å². The number of hydrogen-bond acceptors (Lipinski definition) is 4. The molecule has 0 saturated heterocycles. The van der Waals surface area contributed by atoms with Gasteiger partial charge >= 0.3 is 0 Å². The fourth-order valence-electron chi connectivity index (χ4n) is 3.71. The Labute approximate surface area is 172 Å². The Bertz CT molecular complexity index is 788. The molecule has 0 spiro atoms. The lowest BCUT2D eigenvalue weighted by Gasteiger charge is -2.26. The minimum atomic E-state index is 0.0392. The third kappa shape index (κ3) is 5.11. The van der Waals surface area contributed by atoms with Crippen LogP contribution in [0.3, 0.4) is 0 Å². The smallest absolute Gasteiger partial charge is 0.194 e. The summed E-state index contributed by atoms with van der Waals surface area (Å²) in [7, 11) is 3.80. The van der Waals surface area contributed by atoms with Gasteiger partial charge in [-0.25, -0.2) is 4.98 Å². The predicted octanol–water partition coefficient (Wildman–Crippen LogP) is 4.37. The van der Waals surface area contributed by atoms with Gasteiger partial charge in [0.2, 0.25) is 0 Å². The molecule has 0 fully saturated rings. The Morgan fingerprint density at radius 3 is 3.04 bits per heavy atom. The van der Waals surface area contributed by atoms with E-state index in [1.807, 2.05) is 6.92 Å². The molecule has 2 aromatic rings. The van der Waals surface area contributed by atoms with Gasteiger partial charge in [-0.05, 0) is 44.2 Å². The van der Waals surface area contributed by atoms with Gasteiger partial charge in [0, 0.05) is 38.5 Å². The summed E-state index contributed by atoms with van der Waals surface area (Å²) >= 11 is 1.65. The highest BCUT2D eigenvalue weighted by Crippen LogP contribution is 2.31. The van der Waals surface area contributed by atoms with Crippen molar-refractivity contribution in [2.75, 3.05) is 27.2 Å². The molecule has 1 aromatic heterocycles. The van der Waals surface area contributed by atoms with Gasteiger partial charge in [-0.3, -0.25) is 4.99 Å². The van der Waals surface area contributed by atoms with E-state index in [4.69, 9.17) is 14.7 Å². The summed E-state index contributed by atoms with van der Waals surface area (Å²) in [4.78, 5) is 11.8. The minimum absolute atomic E-state index is 0.0392. The topological polar surface area (TPSA) is 49.8 Å². The third-order valence-electron chi connectivity index (χ3n) is 5.32. The average molecular weight is 401 g/mol. The van der Waals surface area contributed by atoms with Crippen molar-refractivity contribution in [3.05, 3.63) is 51.5 Å². The number of benzene rings is 1. The zero-order valence-electron chi connectivity index (χ0n) is 17.4. The number of guanidine groups is 1. The van der Waals surface area contributed by atoms with Crippen molar-refractivity contribution in [1.29, 1.82) is 0 Å². The number of aliphatic imine (C=N–C) groups is 1. The molecule has 28 heavy (non-hydrogen) atoms. The lowest BCUT2D eigenvalue weighted by molar-refractivity contribution is 0.119. The van der Waals surface area contributed by atoms with Crippen LogP contribution in [-0.4, -0.2) is 43.1 Å². The van der Waals surface area contributed by atoms with E-state index in [-0.39, 0.29) is 6.10 Å². The summed E-state index contributed by atoms with van der Waals surface area (Å²) < 4.78 is 5.37. The van der Waals surface area contributed by atoms with Crippen LogP contribution in [0.25, 0.3) is 0 Å². The summed E-state index contributed by atoms with van der Waals surface area (Å²) in [5.74, 6) is 1.46. The van der Waals surface area contributed by atoms with Crippen LogP contribution in [0.1, 0.15) is 60.5 Å². The van der Waals surface area contributed by atoms with Crippen LogP contribution in [0.15, 0.2) is 34.6 Å². The molecular weight excluding hydrogens is 368 g/mol. The molecular formula is C22H32N4OS. The monoisotopic (exact) mass is 400 g/mol. The number of fused-ring (bicyclic) bond motifs is 1. The van der Waals surface area contributed by atoms with Gasteiger partial charge in [0.15, 0.2) is 5.96 Å². The molecule has 2 atom stereocenters. The highest BCUT2D eigenvalue weighted by Gasteiger charge is 2.20. The lowest BCUT2D eigenvalue weighted by Crippen LogP contribution is -2.39. The number of aryl methyl sites for hydroxylation is 1. The van der Waals surface area contributed by atoms with Gasteiger partial charge in [0.1, 0.15) is 11.1 Å². The molecule has 5 nitrogen and oxygen atoms in total. The fraction of sp³-hybridized carbons (Fsp3) is 0.545. The average Bonchev–Trinajstić information content (AvgIpc) is 3.18. The third-order valence-corrected chi connectivity index (χ3v) is 6.38. The van der Waals surface area contributed by atoms with Crippen LogP contribution in [0.4, 0.5) is 0 Å². The van der Waals surface area contributed by atoms with Crippen molar-refractivity contribution in [3.63, 3.8) is 0 Å². The highest BCUT2D eigenvalue weighted by atomic mass is 32.1. The van der Waals surface area contributed by atoms with Gasteiger partial charge in [-0.15, -0.1) is 11.3 Å². The Morgan fingerprint density at radius 2 is 2.25 bits per heavy atom. The van der Waals surface area contributed by atoms with Crippen LogP contribution in [0, 0.1) is 0 Å². The van der Waals surface area contributed by atoms with E-state index in [1.165, 1.54) is 30.4 Å². The highest BCUT2D eigenvalue weighted by molar-refractivity contribution is 7.09. The van der Waals surface area contributed by atoms with Gasteiger partial charge in [-0.1, -0.05) is 24.3 Å². The molecule has 2 unspecified atom stereocenters. The molecule has 152 valence electrons. The van der Waals surface area contributed by atoms with Gasteiger partial charge in [-0.2, -0.15) is 0 Å². The first-order valence-electron chi connectivity index (χ1n) is 10.2. The molecule has 0 radical (unpaired) electrons. The summed E-state index contributed by atoms with van der Waals surface area (Å²) in [6.07, 6.45) is 3.71. The van der Waals surface area contributed by atoms with Gasteiger partial charge in [0.25, 0.3) is 0 Å². The number of hydrogen-bond donors (Lipinski definition) is 1. The van der Waals surface area contributed by atoms with Crippen molar-refractivity contribution >= 4 is 17.3 Å². The van der Waals surface area contributed by atoms with E-state index in [0.29, 0.717) is 5.92 Å². The van der Waals surface area contributed by atoms with Crippen LogP contribution in [0.5, 0.6) is 0 Å². The molecule has 0 saturated carbocycles. The van der Waals surface area contributed by atoms with E-state index in [0.717, 1.165) is 36.3 Å². The quantitative estimate of drug-likeness (QED) is 0.554. The van der Waals surface area contributed by atoms with E-state index in [2.05, 4.69) is 53.8 Å². The number of methoxy groups -OCH3 is 1. The minimum Gasteiger partial charge on any atom is -0.375 e. The van der Waals surface area contributed by atoms with Crippen LogP contribution >= 0.6 is 11.3 Å². The predicted molar refractivity (Wildman–Crippen MR) is 117 cm³/mol. The normalized spacial score (nSPS) is 17.9. The van der Waals surface area contributed by atoms with Crippen molar-refractivity contribution < 1.29 is 4.74 Å². The molecule has 1 aromatic carbocycles. The SMILES string of the molecule is CCNC(=NCC1CCCc2ccccc21)N(C)Cc1csc(C(C)OC)n1. The first-order chi connectivity index (χ1) is 13.6. The molecule has 3 rings (SSSR count). The van der Waals surface area contributed by atoms with E-state index < -0.39 is 0 Å². The zero-order chi connectivity index (χ0) is 19.9. The standard InChI is InChI=1S/C22H32N4OS/c1-5-23-22(26(3)14-19-15-28-21(25-19)16(2)27-4)24-13-18-11-8-10-17-9-6-7-12-20(17)18/h6-7,9,12,15-16,18H,5,8,10-11,13-14H2,1-4H3,(H,23,24). The Kier molecular flexibility index (Phi) is 7.45. The van der Waals surface area contributed by atoms with E-state index >= 15 is 0 Å². The molecule has 0 bridgehead atoms. The summed E-state index contributed by atoms with van der Waals surface area (Å²) in [5, 5.41) is 6.57. The second-order valence-corrected chi connectivity index (χ2v) is 8.28. The van der Waals surface area contributed by atoms with E-state index in [1.54, 1.807) is 18.4 Å². The van der Waals surface area contributed by atoms with Crippen molar-refractivity contribution in [3.8, 4) is 0 Å².